The second-order valence-electron chi connectivity index (χ2n) is 7.26. The van der Waals surface area contributed by atoms with Crippen LogP contribution in [0.4, 0.5) is 24.8 Å². The van der Waals surface area contributed by atoms with Gasteiger partial charge < -0.3 is 15.2 Å². The Balaban J connectivity index is 1.61. The number of fused-ring (bicyclic) bond motifs is 1. The van der Waals surface area contributed by atoms with Crippen molar-refractivity contribution in [2.75, 3.05) is 10.6 Å². The first-order chi connectivity index (χ1) is 14.3. The molecule has 1 aromatic heterocycles. The summed E-state index contributed by atoms with van der Waals surface area (Å²) in [7, 11) is 0. The summed E-state index contributed by atoms with van der Waals surface area (Å²) in [5.41, 5.74) is 2.35. The number of aromatic nitrogens is 2. The highest BCUT2D eigenvalue weighted by molar-refractivity contribution is 6.03. The number of anilines is 2. The number of rotatable bonds is 4. The summed E-state index contributed by atoms with van der Waals surface area (Å²) in [6, 6.07) is 13.9. The van der Waals surface area contributed by atoms with Crippen molar-refractivity contribution in [3.8, 4) is 0 Å². The molecule has 0 fully saturated rings. The lowest BCUT2D eigenvalue weighted by molar-refractivity contribution is -0.171. The van der Waals surface area contributed by atoms with E-state index in [4.69, 9.17) is 0 Å². The number of nitrogens with zero attached hydrogens (tertiary/aromatic N) is 2. The highest BCUT2D eigenvalue weighted by Gasteiger charge is 2.46. The van der Waals surface area contributed by atoms with Crippen LogP contribution in [0.3, 0.4) is 0 Å². The lowest BCUT2D eigenvalue weighted by atomic mass is 9.97. The van der Waals surface area contributed by atoms with Crippen LogP contribution >= 0.6 is 0 Å². The molecule has 2 heterocycles. The quantitative estimate of drug-likeness (QED) is 0.604. The third-order valence-electron chi connectivity index (χ3n) is 5.26. The van der Waals surface area contributed by atoms with Gasteiger partial charge in [-0.05, 0) is 29.7 Å². The van der Waals surface area contributed by atoms with Gasteiger partial charge >= 0.3 is 6.18 Å². The number of halogens is 3. The van der Waals surface area contributed by atoms with Crippen LogP contribution < -0.4 is 10.6 Å². The number of benzene rings is 2. The van der Waals surface area contributed by atoms with Crippen LogP contribution in [-0.4, -0.2) is 21.6 Å². The summed E-state index contributed by atoms with van der Waals surface area (Å²) in [5, 5.41) is 5.73. The zero-order valence-corrected chi connectivity index (χ0v) is 16.3. The van der Waals surface area contributed by atoms with E-state index < -0.39 is 24.2 Å². The zero-order valence-electron chi connectivity index (χ0n) is 16.3. The highest BCUT2D eigenvalue weighted by atomic mass is 19.4. The van der Waals surface area contributed by atoms with Crippen LogP contribution in [0.5, 0.6) is 0 Å². The third kappa shape index (κ3) is 4.03. The fourth-order valence-electron chi connectivity index (χ4n) is 3.61. The van der Waals surface area contributed by atoms with Gasteiger partial charge in [-0.1, -0.05) is 49.4 Å². The normalized spacial score (nSPS) is 18.4. The van der Waals surface area contributed by atoms with Crippen LogP contribution in [0.15, 0.2) is 60.8 Å². The van der Waals surface area contributed by atoms with Gasteiger partial charge in [0.2, 0.25) is 5.95 Å². The number of amides is 1. The van der Waals surface area contributed by atoms with Crippen LogP contribution in [0.1, 0.15) is 47.0 Å². The van der Waals surface area contributed by atoms with Crippen molar-refractivity contribution in [2.45, 2.75) is 38.0 Å². The molecule has 1 amide bonds. The maximum Gasteiger partial charge on any atom is 0.409 e. The van der Waals surface area contributed by atoms with Gasteiger partial charge in [-0.15, -0.1) is 0 Å². The van der Waals surface area contributed by atoms with Gasteiger partial charge in [0.1, 0.15) is 11.7 Å². The fourth-order valence-corrected chi connectivity index (χ4v) is 3.61. The van der Waals surface area contributed by atoms with Crippen molar-refractivity contribution in [1.82, 2.24) is 9.55 Å². The molecule has 3 aromatic rings. The first kappa shape index (κ1) is 20.0. The van der Waals surface area contributed by atoms with Crippen molar-refractivity contribution in [3.63, 3.8) is 0 Å². The average molecular weight is 414 g/mol. The van der Waals surface area contributed by atoms with Crippen molar-refractivity contribution < 1.29 is 18.0 Å². The number of hydrogen-bond acceptors (Lipinski definition) is 3. The number of alkyl halides is 3. The number of carbonyl (C=O) groups is 1. The Morgan fingerprint density at radius 3 is 2.50 bits per heavy atom. The maximum atomic E-state index is 13.8. The fraction of sp³-hybridized carbons (Fsp3) is 0.273. The van der Waals surface area contributed by atoms with E-state index in [9.17, 15) is 18.0 Å². The van der Waals surface area contributed by atoms with Gasteiger partial charge in [0.05, 0.1) is 6.04 Å². The molecule has 156 valence electrons. The molecule has 8 heteroatoms. The highest BCUT2D eigenvalue weighted by Crippen LogP contribution is 2.43. The molecule has 0 aliphatic carbocycles. The monoisotopic (exact) mass is 414 g/mol. The molecular formula is C22H21F3N4O. The predicted octanol–water partition coefficient (Wildman–Crippen LogP) is 5.36. The van der Waals surface area contributed by atoms with E-state index in [0.717, 1.165) is 28.3 Å². The number of hydrogen-bond donors (Lipinski definition) is 2. The van der Waals surface area contributed by atoms with Gasteiger partial charge in [-0.3, -0.25) is 4.79 Å². The molecule has 0 saturated heterocycles. The van der Waals surface area contributed by atoms with E-state index in [1.165, 1.54) is 0 Å². The van der Waals surface area contributed by atoms with Gasteiger partial charge in [0, 0.05) is 18.3 Å². The number of nitrogens with one attached hydrogen (secondary N) is 2. The van der Waals surface area contributed by atoms with Crippen LogP contribution in [0, 0.1) is 0 Å². The van der Waals surface area contributed by atoms with Gasteiger partial charge in [-0.25, -0.2) is 4.98 Å². The summed E-state index contributed by atoms with van der Waals surface area (Å²) in [4.78, 5) is 16.8. The minimum Gasteiger partial charge on any atom is -0.349 e. The first-order valence-corrected chi connectivity index (χ1v) is 9.72. The van der Waals surface area contributed by atoms with Crippen molar-refractivity contribution in [3.05, 3.63) is 77.6 Å². The Kier molecular flexibility index (Phi) is 5.24. The molecule has 4 rings (SSSR count). The molecule has 1 aliphatic rings. The maximum absolute atomic E-state index is 13.8. The SMILES string of the molecule is CCc1ccc(NC(=O)c2cn3c(n2)NC(c2ccccc2)CC3C(F)(F)F)cc1. The summed E-state index contributed by atoms with van der Waals surface area (Å²) in [6.07, 6.45) is -2.61. The summed E-state index contributed by atoms with van der Waals surface area (Å²) < 4.78 is 42.3. The van der Waals surface area contributed by atoms with Crippen molar-refractivity contribution in [1.29, 1.82) is 0 Å². The van der Waals surface area contributed by atoms with E-state index >= 15 is 0 Å². The molecule has 5 nitrogen and oxygen atoms in total. The molecule has 0 radical (unpaired) electrons. The molecule has 0 spiro atoms. The van der Waals surface area contributed by atoms with Gasteiger partial charge in [0.25, 0.3) is 5.91 Å². The third-order valence-corrected chi connectivity index (χ3v) is 5.26. The largest absolute Gasteiger partial charge is 0.409 e. The minimum atomic E-state index is -4.46. The van der Waals surface area contributed by atoms with E-state index in [2.05, 4.69) is 15.6 Å². The molecule has 2 unspecified atom stereocenters. The minimum absolute atomic E-state index is 0.0314. The van der Waals surface area contributed by atoms with E-state index in [-0.39, 0.29) is 18.1 Å². The molecule has 0 saturated carbocycles. The Labute approximate surface area is 171 Å². The number of carbonyl (C=O) groups excluding carboxylic acids is 1. The van der Waals surface area contributed by atoms with E-state index in [1.807, 2.05) is 25.1 Å². The standard InChI is InChI=1S/C22H21F3N4O/c1-2-14-8-10-16(11-9-14)26-20(30)18-13-29-19(22(23,24)25)12-17(27-21(29)28-18)15-6-4-3-5-7-15/h3-11,13,17,19H,2,12H2,1H3,(H,26,30)(H,27,28). The zero-order chi connectivity index (χ0) is 21.3. The molecule has 2 atom stereocenters. The molecule has 2 aromatic carbocycles. The predicted molar refractivity (Wildman–Crippen MR) is 109 cm³/mol. The Morgan fingerprint density at radius 2 is 1.87 bits per heavy atom. The summed E-state index contributed by atoms with van der Waals surface area (Å²) in [6.45, 7) is 2.02. The van der Waals surface area contributed by atoms with Gasteiger partial charge in [-0.2, -0.15) is 13.2 Å². The summed E-state index contributed by atoms with van der Waals surface area (Å²) >= 11 is 0. The number of aryl methyl sites for hydroxylation is 1. The smallest absolute Gasteiger partial charge is 0.349 e. The van der Waals surface area contributed by atoms with Crippen LogP contribution in [0.2, 0.25) is 0 Å². The second kappa shape index (κ2) is 7.85. The Hall–Kier alpha value is -3.29. The summed E-state index contributed by atoms with van der Waals surface area (Å²) in [5.74, 6) is -0.524. The molecule has 2 N–H and O–H groups in total. The van der Waals surface area contributed by atoms with Crippen molar-refractivity contribution >= 4 is 17.5 Å². The Morgan fingerprint density at radius 1 is 1.17 bits per heavy atom. The molecule has 0 bridgehead atoms. The van der Waals surface area contributed by atoms with Gasteiger partial charge in [0.15, 0.2) is 0 Å². The first-order valence-electron chi connectivity index (χ1n) is 9.72. The van der Waals surface area contributed by atoms with E-state index in [0.29, 0.717) is 5.69 Å². The van der Waals surface area contributed by atoms with Crippen LogP contribution in [-0.2, 0) is 6.42 Å². The molecule has 30 heavy (non-hydrogen) atoms. The number of imidazole rings is 1. The average Bonchev–Trinajstić information content (AvgIpc) is 3.18. The lowest BCUT2D eigenvalue weighted by Gasteiger charge is -2.33. The van der Waals surface area contributed by atoms with E-state index in [1.54, 1.807) is 36.4 Å². The lowest BCUT2D eigenvalue weighted by Crippen LogP contribution is -2.34. The molecular weight excluding hydrogens is 393 g/mol. The van der Waals surface area contributed by atoms with Crippen LogP contribution in [0.25, 0.3) is 0 Å². The topological polar surface area (TPSA) is 59.0 Å². The van der Waals surface area contributed by atoms with Crippen molar-refractivity contribution in [2.24, 2.45) is 0 Å². The Bertz CT molecular complexity index is 1030. The molecule has 1 aliphatic heterocycles. The second-order valence-corrected chi connectivity index (χ2v) is 7.26.